The molecule has 0 saturated carbocycles. The molecule has 6 nitrogen and oxygen atoms in total. The van der Waals surface area contributed by atoms with Crippen molar-refractivity contribution < 1.29 is 30.0 Å². The predicted octanol–water partition coefficient (Wildman–Crippen LogP) is 7.93. The Bertz CT molecular complexity index is 1140. The van der Waals surface area contributed by atoms with E-state index in [1.54, 1.807) is 0 Å². The zero-order chi connectivity index (χ0) is 31.2. The van der Waals surface area contributed by atoms with E-state index in [4.69, 9.17) is 5.11 Å². The van der Waals surface area contributed by atoms with Crippen LogP contribution in [0.4, 0.5) is 0 Å². The number of rotatable bonds is 14. The summed E-state index contributed by atoms with van der Waals surface area (Å²) in [4.78, 5) is 23.9. The minimum Gasteiger partial charge on any atom is -0.507 e. The lowest BCUT2D eigenvalue weighted by molar-refractivity contribution is -0.148. The van der Waals surface area contributed by atoms with Crippen LogP contribution in [0.2, 0.25) is 0 Å². The van der Waals surface area contributed by atoms with Gasteiger partial charge in [-0.2, -0.15) is 11.8 Å². The Morgan fingerprint density at radius 3 is 1.49 bits per heavy atom. The van der Waals surface area contributed by atoms with Gasteiger partial charge >= 0.3 is 11.9 Å². The van der Waals surface area contributed by atoms with E-state index >= 15 is 0 Å². The Balaban J connectivity index is 2.27. The van der Waals surface area contributed by atoms with Crippen molar-refractivity contribution in [3.8, 4) is 11.5 Å². The summed E-state index contributed by atoms with van der Waals surface area (Å²) in [5.74, 6) is -0.546. The maximum Gasteiger partial charge on any atom is 0.310 e. The normalized spacial score (nSPS) is 12.5. The fraction of sp³-hybridized carbons (Fsp3) is 0.588. The fourth-order valence-corrected chi connectivity index (χ4v) is 6.70. The topological polar surface area (TPSA) is 115 Å². The lowest BCUT2D eigenvalue weighted by Gasteiger charge is -2.30. The first kappa shape index (κ1) is 34.5. The lowest BCUT2D eigenvalue weighted by atomic mass is 9.78. The molecule has 0 atom stereocenters. The summed E-state index contributed by atoms with van der Waals surface area (Å²) < 4.78 is 0. The zero-order valence-corrected chi connectivity index (χ0v) is 27.0. The van der Waals surface area contributed by atoms with Gasteiger partial charge in [0.25, 0.3) is 0 Å². The molecule has 41 heavy (non-hydrogen) atoms. The van der Waals surface area contributed by atoms with Crippen molar-refractivity contribution in [1.29, 1.82) is 0 Å². The molecule has 2 aromatic carbocycles. The van der Waals surface area contributed by atoms with Crippen LogP contribution in [0.5, 0.6) is 11.5 Å². The number of benzene rings is 2. The Labute approximate surface area is 250 Å². The Kier molecular flexibility index (Phi) is 11.8. The molecule has 0 aliphatic heterocycles. The van der Waals surface area contributed by atoms with Gasteiger partial charge < -0.3 is 20.4 Å². The summed E-state index contributed by atoms with van der Waals surface area (Å²) in [7, 11) is 0. The summed E-state index contributed by atoms with van der Waals surface area (Å²) in [6.45, 7) is 16.4. The number of carbonyl (C=O) groups is 2. The van der Waals surface area contributed by atoms with Gasteiger partial charge in [-0.05, 0) is 85.5 Å². The van der Waals surface area contributed by atoms with Crippen molar-refractivity contribution >= 4 is 23.7 Å². The maximum atomic E-state index is 12.8. The molecule has 0 aromatic heterocycles. The van der Waals surface area contributed by atoms with Crippen molar-refractivity contribution in [2.75, 3.05) is 11.5 Å². The molecule has 0 unspecified atom stereocenters. The first-order chi connectivity index (χ1) is 18.9. The van der Waals surface area contributed by atoms with E-state index < -0.39 is 17.4 Å². The SMILES string of the molecule is Cc1cc(CCCC(CCCc2cc(C)cc(C(C)(C)C)c2O)(CSCCC(=O)O)C(=O)O)c(O)c(C(C)(C)C)c1. The third-order valence-corrected chi connectivity index (χ3v) is 9.03. The number of carboxylic acid groups (broad SMARTS) is 2. The average Bonchev–Trinajstić information content (AvgIpc) is 2.83. The highest BCUT2D eigenvalue weighted by Crippen LogP contribution is 2.40. The van der Waals surface area contributed by atoms with Gasteiger partial charge in [-0.1, -0.05) is 76.9 Å². The molecule has 7 heteroatoms. The largest absolute Gasteiger partial charge is 0.507 e. The van der Waals surface area contributed by atoms with Crippen LogP contribution in [0.1, 0.15) is 107 Å². The Morgan fingerprint density at radius 1 is 0.732 bits per heavy atom. The fourth-order valence-electron chi connectivity index (χ4n) is 5.44. The van der Waals surface area contributed by atoms with Crippen molar-refractivity contribution in [2.24, 2.45) is 5.41 Å². The molecule has 0 saturated heterocycles. The molecular weight excluding hydrogens is 536 g/mol. The van der Waals surface area contributed by atoms with Gasteiger partial charge in [-0.25, -0.2) is 0 Å². The quantitative estimate of drug-likeness (QED) is 0.166. The summed E-state index contributed by atoms with van der Waals surface area (Å²) >= 11 is 1.37. The number of aromatic hydroxyl groups is 2. The second-order valence-corrected chi connectivity index (χ2v) is 14.7. The van der Waals surface area contributed by atoms with E-state index in [1.165, 1.54) is 11.8 Å². The number of thioether (sulfide) groups is 1. The summed E-state index contributed by atoms with van der Waals surface area (Å²) in [6.07, 6.45) is 3.08. The van der Waals surface area contributed by atoms with Crippen molar-refractivity contribution in [3.05, 3.63) is 57.6 Å². The van der Waals surface area contributed by atoms with Crippen LogP contribution in [-0.2, 0) is 33.3 Å². The average molecular weight is 587 g/mol. The van der Waals surface area contributed by atoms with Crippen LogP contribution in [-0.4, -0.2) is 43.9 Å². The maximum absolute atomic E-state index is 12.8. The number of hydrogen-bond donors (Lipinski definition) is 4. The van der Waals surface area contributed by atoms with Gasteiger partial charge in [-0.3, -0.25) is 9.59 Å². The highest BCUT2D eigenvalue weighted by atomic mass is 32.2. The van der Waals surface area contributed by atoms with Gasteiger partial charge in [0.2, 0.25) is 0 Å². The molecule has 0 aliphatic rings. The molecule has 0 fully saturated rings. The second kappa shape index (κ2) is 14.0. The summed E-state index contributed by atoms with van der Waals surface area (Å²) in [6, 6.07) is 7.96. The van der Waals surface area contributed by atoms with E-state index in [1.807, 2.05) is 38.1 Å². The zero-order valence-electron chi connectivity index (χ0n) is 26.2. The molecule has 0 aliphatic carbocycles. The van der Waals surface area contributed by atoms with Crippen LogP contribution in [0.3, 0.4) is 0 Å². The van der Waals surface area contributed by atoms with Crippen molar-refractivity contribution in [3.63, 3.8) is 0 Å². The van der Waals surface area contributed by atoms with Gasteiger partial charge in [0.05, 0.1) is 11.8 Å². The first-order valence-corrected chi connectivity index (χ1v) is 15.7. The number of hydrogen-bond acceptors (Lipinski definition) is 5. The highest BCUT2D eigenvalue weighted by Gasteiger charge is 2.38. The number of phenols is 2. The third-order valence-electron chi connectivity index (χ3n) is 7.78. The lowest BCUT2D eigenvalue weighted by Crippen LogP contribution is -2.34. The number of carboxylic acids is 2. The molecule has 2 rings (SSSR count). The second-order valence-electron chi connectivity index (χ2n) is 13.6. The summed E-state index contributed by atoms with van der Waals surface area (Å²) in [5, 5.41) is 41.6. The standard InChI is InChI=1S/C34H50O6S/c1-22-17-24(29(37)26(19-22)32(3,4)5)11-9-14-34(31(39)40,21-41-16-13-28(35)36)15-10-12-25-18-23(2)20-27(30(25)38)33(6,7)8/h17-20,37-38H,9-16,21H2,1-8H3,(H,35,36)(H,39,40). The predicted molar refractivity (Wildman–Crippen MR) is 169 cm³/mol. The third kappa shape index (κ3) is 9.69. The molecule has 0 radical (unpaired) electrons. The Morgan fingerprint density at radius 2 is 1.15 bits per heavy atom. The van der Waals surface area contributed by atoms with Gasteiger partial charge in [0.15, 0.2) is 0 Å². The van der Waals surface area contributed by atoms with Crippen LogP contribution in [0.25, 0.3) is 0 Å². The number of aliphatic carboxylic acids is 2. The molecule has 4 N–H and O–H groups in total. The minimum absolute atomic E-state index is 0.0140. The molecular formula is C34H50O6S. The summed E-state index contributed by atoms with van der Waals surface area (Å²) in [5.41, 5.74) is 4.06. The van der Waals surface area contributed by atoms with Crippen LogP contribution in [0.15, 0.2) is 24.3 Å². The minimum atomic E-state index is -1.04. The number of aryl methyl sites for hydroxylation is 4. The first-order valence-electron chi connectivity index (χ1n) is 14.6. The van der Waals surface area contributed by atoms with Gasteiger partial charge in [-0.15, -0.1) is 0 Å². The molecule has 228 valence electrons. The molecule has 0 bridgehead atoms. The Hall–Kier alpha value is -2.67. The number of phenolic OH excluding ortho intramolecular Hbond substituents is 2. The van der Waals surface area contributed by atoms with E-state index in [0.717, 1.165) is 33.4 Å². The van der Waals surface area contributed by atoms with E-state index in [2.05, 4.69) is 41.5 Å². The van der Waals surface area contributed by atoms with E-state index in [0.29, 0.717) is 50.0 Å². The van der Waals surface area contributed by atoms with Crippen LogP contribution >= 0.6 is 11.8 Å². The molecule has 2 aromatic rings. The molecule has 0 amide bonds. The van der Waals surface area contributed by atoms with Crippen molar-refractivity contribution in [1.82, 2.24) is 0 Å². The van der Waals surface area contributed by atoms with Crippen molar-refractivity contribution in [2.45, 2.75) is 111 Å². The van der Waals surface area contributed by atoms with E-state index in [9.17, 15) is 24.9 Å². The smallest absolute Gasteiger partial charge is 0.310 e. The van der Waals surface area contributed by atoms with E-state index in [-0.39, 0.29) is 28.7 Å². The molecule has 0 heterocycles. The van der Waals surface area contributed by atoms with Crippen LogP contribution < -0.4 is 0 Å². The monoisotopic (exact) mass is 586 g/mol. The highest BCUT2D eigenvalue weighted by molar-refractivity contribution is 7.99. The van der Waals surface area contributed by atoms with Gasteiger partial charge in [0, 0.05) is 11.5 Å². The van der Waals surface area contributed by atoms with Gasteiger partial charge in [0.1, 0.15) is 11.5 Å². The van der Waals surface area contributed by atoms with Crippen LogP contribution in [0, 0.1) is 19.3 Å². The molecule has 0 spiro atoms.